The van der Waals surface area contributed by atoms with Crippen LogP contribution in [-0.4, -0.2) is 21.1 Å². The van der Waals surface area contributed by atoms with Crippen molar-refractivity contribution < 1.29 is 9.90 Å². The normalized spacial score (nSPS) is 35.6. The second-order valence-corrected chi connectivity index (χ2v) is 3.62. The van der Waals surface area contributed by atoms with Gasteiger partial charge in [-0.1, -0.05) is 24.3 Å². The molecule has 0 amide bonds. The van der Waals surface area contributed by atoms with Gasteiger partial charge in [0, 0.05) is 5.25 Å². The van der Waals surface area contributed by atoms with Gasteiger partial charge in [-0.05, 0) is 0 Å². The fraction of sp³-hybridized carbons (Fsp3) is 0.286. The Balaban J connectivity index is 2.94. The van der Waals surface area contributed by atoms with Gasteiger partial charge in [0.25, 0.3) is 0 Å². The lowest BCUT2D eigenvalue weighted by molar-refractivity contribution is -0.138. The molecular weight excluding hydrogens is 180 g/mol. The standard InChI is InChI=1S/C7H8O2S2/c8-6(9)7(11)4-2-1-3-5(7)10/h1-5,10-11H,(H,8,9)/t5-,7+/m1/s1. The van der Waals surface area contributed by atoms with Crippen LogP contribution >= 0.6 is 25.3 Å². The van der Waals surface area contributed by atoms with Crippen molar-refractivity contribution in [1.29, 1.82) is 0 Å². The SMILES string of the molecule is O=C(O)[C@]1(S)C=CC=C[C@H]1S. The third-order valence-electron chi connectivity index (χ3n) is 1.55. The van der Waals surface area contributed by atoms with Crippen LogP contribution < -0.4 is 0 Å². The number of hydrogen-bond donors (Lipinski definition) is 3. The maximum atomic E-state index is 10.7. The molecule has 0 bridgehead atoms. The molecule has 0 saturated carbocycles. The number of carboxylic acids is 1. The third-order valence-corrected chi connectivity index (χ3v) is 2.95. The van der Waals surface area contributed by atoms with E-state index in [9.17, 15) is 4.79 Å². The van der Waals surface area contributed by atoms with E-state index in [1.165, 1.54) is 6.08 Å². The number of rotatable bonds is 1. The fourth-order valence-electron chi connectivity index (χ4n) is 0.815. The van der Waals surface area contributed by atoms with Crippen LogP contribution in [-0.2, 0) is 4.79 Å². The van der Waals surface area contributed by atoms with Crippen molar-refractivity contribution in [3.05, 3.63) is 24.3 Å². The molecule has 60 valence electrons. The minimum absolute atomic E-state index is 0.367. The summed E-state index contributed by atoms with van der Waals surface area (Å²) >= 11 is 8.11. The first-order valence-electron chi connectivity index (χ1n) is 3.07. The summed E-state index contributed by atoms with van der Waals surface area (Å²) in [5.41, 5.74) is 0. The van der Waals surface area contributed by atoms with Gasteiger partial charge < -0.3 is 5.11 Å². The number of carbonyl (C=O) groups is 1. The molecular formula is C7H8O2S2. The molecule has 0 aromatic carbocycles. The molecule has 11 heavy (non-hydrogen) atoms. The molecule has 0 unspecified atom stereocenters. The maximum absolute atomic E-state index is 10.7. The molecule has 1 rings (SSSR count). The average molecular weight is 188 g/mol. The van der Waals surface area contributed by atoms with Crippen LogP contribution in [0.4, 0.5) is 0 Å². The zero-order chi connectivity index (χ0) is 8.48. The monoisotopic (exact) mass is 188 g/mol. The number of aliphatic carboxylic acids is 1. The first-order chi connectivity index (χ1) is 5.07. The summed E-state index contributed by atoms with van der Waals surface area (Å²) in [5.74, 6) is -0.971. The van der Waals surface area contributed by atoms with E-state index in [0.29, 0.717) is 0 Å². The summed E-state index contributed by atoms with van der Waals surface area (Å²) < 4.78 is -1.15. The molecule has 0 spiro atoms. The van der Waals surface area contributed by atoms with E-state index >= 15 is 0 Å². The van der Waals surface area contributed by atoms with E-state index in [-0.39, 0.29) is 5.25 Å². The van der Waals surface area contributed by atoms with Crippen molar-refractivity contribution in [3.8, 4) is 0 Å². The minimum atomic E-state index is -1.15. The summed E-state index contributed by atoms with van der Waals surface area (Å²) in [6.07, 6.45) is 6.64. The first-order valence-corrected chi connectivity index (χ1v) is 4.03. The van der Waals surface area contributed by atoms with Crippen molar-refractivity contribution >= 4 is 31.2 Å². The summed E-state index contributed by atoms with van der Waals surface area (Å²) in [6.45, 7) is 0. The number of thiol groups is 2. The number of carboxylic acid groups (broad SMARTS) is 1. The smallest absolute Gasteiger partial charge is 0.324 e. The molecule has 0 radical (unpaired) electrons. The lowest BCUT2D eigenvalue weighted by Crippen LogP contribution is -2.39. The molecule has 2 atom stereocenters. The van der Waals surface area contributed by atoms with Gasteiger partial charge in [-0.3, -0.25) is 4.79 Å². The van der Waals surface area contributed by atoms with Crippen LogP contribution in [0.15, 0.2) is 24.3 Å². The van der Waals surface area contributed by atoms with Gasteiger partial charge in [-0.25, -0.2) is 0 Å². The quantitative estimate of drug-likeness (QED) is 0.540. The van der Waals surface area contributed by atoms with Crippen molar-refractivity contribution in [3.63, 3.8) is 0 Å². The Hall–Kier alpha value is -0.350. The second kappa shape index (κ2) is 2.95. The van der Waals surface area contributed by atoms with E-state index in [1.807, 2.05) is 0 Å². The molecule has 0 aromatic heterocycles. The summed E-state index contributed by atoms with van der Waals surface area (Å²) in [5, 5.41) is 8.39. The highest BCUT2D eigenvalue weighted by atomic mass is 32.1. The van der Waals surface area contributed by atoms with E-state index in [1.54, 1.807) is 18.2 Å². The Morgan fingerprint density at radius 3 is 2.55 bits per heavy atom. The lowest BCUT2D eigenvalue weighted by atomic mass is 9.99. The molecule has 1 N–H and O–H groups in total. The van der Waals surface area contributed by atoms with Gasteiger partial charge in [0.15, 0.2) is 0 Å². The Morgan fingerprint density at radius 2 is 2.18 bits per heavy atom. The molecule has 4 heteroatoms. The van der Waals surface area contributed by atoms with Crippen LogP contribution in [0, 0.1) is 0 Å². The maximum Gasteiger partial charge on any atom is 0.324 e. The predicted octanol–water partition coefficient (Wildman–Crippen LogP) is 1.16. The predicted molar refractivity (Wildman–Crippen MR) is 50.4 cm³/mol. The summed E-state index contributed by atoms with van der Waals surface area (Å²) in [6, 6.07) is 0. The van der Waals surface area contributed by atoms with Gasteiger partial charge >= 0.3 is 5.97 Å². The molecule has 0 heterocycles. The van der Waals surface area contributed by atoms with E-state index in [0.717, 1.165) is 0 Å². The van der Waals surface area contributed by atoms with Crippen LogP contribution in [0.5, 0.6) is 0 Å². The van der Waals surface area contributed by atoms with E-state index in [2.05, 4.69) is 25.3 Å². The first kappa shape index (κ1) is 8.74. The highest BCUT2D eigenvalue weighted by Gasteiger charge is 2.38. The molecule has 0 aromatic rings. The van der Waals surface area contributed by atoms with Gasteiger partial charge in [0.1, 0.15) is 4.75 Å². The van der Waals surface area contributed by atoms with Gasteiger partial charge in [0.05, 0.1) is 0 Å². The van der Waals surface area contributed by atoms with Crippen LogP contribution in [0.1, 0.15) is 0 Å². The molecule has 1 aliphatic carbocycles. The van der Waals surface area contributed by atoms with Crippen LogP contribution in [0.25, 0.3) is 0 Å². The average Bonchev–Trinajstić information content (AvgIpc) is 1.95. The minimum Gasteiger partial charge on any atom is -0.480 e. The molecule has 0 aliphatic heterocycles. The summed E-state index contributed by atoms with van der Waals surface area (Å²) in [7, 11) is 0. The van der Waals surface area contributed by atoms with Gasteiger partial charge in [-0.2, -0.15) is 25.3 Å². The van der Waals surface area contributed by atoms with E-state index in [4.69, 9.17) is 5.11 Å². The van der Waals surface area contributed by atoms with E-state index < -0.39 is 10.7 Å². The zero-order valence-electron chi connectivity index (χ0n) is 5.64. The third kappa shape index (κ3) is 1.46. The van der Waals surface area contributed by atoms with Crippen LogP contribution in [0.2, 0.25) is 0 Å². The van der Waals surface area contributed by atoms with Gasteiger partial charge in [0.2, 0.25) is 0 Å². The highest BCUT2D eigenvalue weighted by Crippen LogP contribution is 2.29. The summed E-state index contributed by atoms with van der Waals surface area (Å²) in [4.78, 5) is 10.7. The molecule has 0 fully saturated rings. The molecule has 2 nitrogen and oxygen atoms in total. The number of allylic oxidation sites excluding steroid dienone is 2. The second-order valence-electron chi connectivity index (χ2n) is 2.32. The zero-order valence-corrected chi connectivity index (χ0v) is 7.43. The van der Waals surface area contributed by atoms with Crippen LogP contribution in [0.3, 0.4) is 0 Å². The Morgan fingerprint density at radius 1 is 1.55 bits per heavy atom. The Labute approximate surface area is 75.8 Å². The largest absolute Gasteiger partial charge is 0.480 e. The van der Waals surface area contributed by atoms with Crippen molar-refractivity contribution in [2.75, 3.05) is 0 Å². The molecule has 1 aliphatic rings. The number of hydrogen-bond acceptors (Lipinski definition) is 3. The topological polar surface area (TPSA) is 37.3 Å². The molecule has 0 saturated heterocycles. The van der Waals surface area contributed by atoms with Gasteiger partial charge in [-0.15, -0.1) is 0 Å². The Bertz CT molecular complexity index is 235. The van der Waals surface area contributed by atoms with Crippen molar-refractivity contribution in [2.24, 2.45) is 0 Å². The Kier molecular flexibility index (Phi) is 2.34. The fourth-order valence-corrected chi connectivity index (χ4v) is 1.28. The van der Waals surface area contributed by atoms with Crippen molar-refractivity contribution in [2.45, 2.75) is 10.00 Å². The highest BCUT2D eigenvalue weighted by molar-refractivity contribution is 7.86. The lowest BCUT2D eigenvalue weighted by Gasteiger charge is -2.25. The van der Waals surface area contributed by atoms with Crippen molar-refractivity contribution in [1.82, 2.24) is 0 Å².